The number of hydrogen-bond acceptors (Lipinski definition) is 2. The predicted molar refractivity (Wildman–Crippen MR) is 50.8 cm³/mol. The van der Waals surface area contributed by atoms with E-state index in [0.29, 0.717) is 17.7 Å². The van der Waals surface area contributed by atoms with Crippen molar-refractivity contribution in [3.05, 3.63) is 35.9 Å². The Hall–Kier alpha value is -1.69. The van der Waals surface area contributed by atoms with Crippen molar-refractivity contribution in [2.45, 2.75) is 18.8 Å². The third-order valence-electron chi connectivity index (χ3n) is 2.48. The minimum atomic E-state index is -0.390. The molecule has 0 aromatic carbocycles. The number of nitrogens with zero attached hydrogens (tertiary/aromatic N) is 2. The van der Waals surface area contributed by atoms with Crippen molar-refractivity contribution >= 4 is 5.57 Å². The zero-order chi connectivity index (χ0) is 10.1. The van der Waals surface area contributed by atoms with Crippen LogP contribution in [0.1, 0.15) is 30.0 Å². The van der Waals surface area contributed by atoms with Crippen LogP contribution in [-0.4, -0.2) is 4.98 Å². The third-order valence-corrected chi connectivity index (χ3v) is 2.48. The van der Waals surface area contributed by atoms with Gasteiger partial charge in [-0.1, -0.05) is 6.58 Å². The van der Waals surface area contributed by atoms with Gasteiger partial charge in [-0.05, 0) is 30.0 Å². The Bertz CT molecular complexity index is 431. The zero-order valence-electron chi connectivity index (χ0n) is 7.63. The largest absolute Gasteiger partial charge is 0.253 e. The standard InChI is InChI=1S/C11H9FN2/c1-7-2-3-8(5-13)10-4-9(12)6-14-11(7)10/h4,6,8H,1-3H2. The molecule has 1 aromatic rings. The summed E-state index contributed by atoms with van der Waals surface area (Å²) in [6, 6.07) is 3.55. The molecular weight excluding hydrogens is 179 g/mol. The summed E-state index contributed by atoms with van der Waals surface area (Å²) in [6.45, 7) is 3.86. The molecule has 0 saturated carbocycles. The molecule has 1 aliphatic rings. The van der Waals surface area contributed by atoms with E-state index in [9.17, 15) is 4.39 Å². The first-order chi connectivity index (χ1) is 6.72. The molecule has 2 nitrogen and oxygen atoms in total. The maximum atomic E-state index is 12.9. The molecule has 1 atom stereocenters. The van der Waals surface area contributed by atoms with E-state index in [0.717, 1.165) is 12.0 Å². The van der Waals surface area contributed by atoms with Crippen molar-refractivity contribution in [3.63, 3.8) is 0 Å². The normalized spacial score (nSPS) is 20.0. The Morgan fingerprint density at radius 2 is 2.43 bits per heavy atom. The minimum absolute atomic E-state index is 0.237. The van der Waals surface area contributed by atoms with Gasteiger partial charge in [0, 0.05) is 0 Å². The first kappa shape index (κ1) is 8.89. The SMILES string of the molecule is C=C1CCC(C#N)c2cc(F)cnc21. The summed E-state index contributed by atoms with van der Waals surface area (Å²) in [5.74, 6) is -0.627. The number of allylic oxidation sites excluding steroid dienone is 1. The predicted octanol–water partition coefficient (Wildman–Crippen LogP) is 2.63. The van der Waals surface area contributed by atoms with E-state index < -0.39 is 5.82 Å². The first-order valence-corrected chi connectivity index (χ1v) is 4.45. The zero-order valence-corrected chi connectivity index (χ0v) is 7.63. The lowest BCUT2D eigenvalue weighted by molar-refractivity contribution is 0.610. The van der Waals surface area contributed by atoms with Crippen LogP contribution < -0.4 is 0 Å². The summed E-state index contributed by atoms with van der Waals surface area (Å²) in [5.41, 5.74) is 2.28. The Morgan fingerprint density at radius 3 is 3.14 bits per heavy atom. The molecule has 1 aromatic heterocycles. The number of aromatic nitrogens is 1. The molecule has 0 spiro atoms. The average molecular weight is 188 g/mol. The third kappa shape index (κ3) is 1.29. The maximum absolute atomic E-state index is 12.9. The Balaban J connectivity index is 2.58. The molecule has 1 unspecified atom stereocenters. The molecule has 0 saturated heterocycles. The lowest BCUT2D eigenvalue weighted by atomic mass is 9.84. The van der Waals surface area contributed by atoms with Crippen molar-refractivity contribution in [2.75, 3.05) is 0 Å². The Kier molecular flexibility index (Phi) is 2.05. The fraction of sp³-hybridized carbons (Fsp3) is 0.273. The number of nitriles is 1. The lowest BCUT2D eigenvalue weighted by Crippen LogP contribution is -2.09. The molecule has 1 aliphatic carbocycles. The topological polar surface area (TPSA) is 36.7 Å². The molecule has 0 bridgehead atoms. The van der Waals surface area contributed by atoms with Crippen LogP contribution in [0.4, 0.5) is 4.39 Å². The van der Waals surface area contributed by atoms with Gasteiger partial charge >= 0.3 is 0 Å². The van der Waals surface area contributed by atoms with Crippen molar-refractivity contribution in [3.8, 4) is 6.07 Å². The number of rotatable bonds is 0. The van der Waals surface area contributed by atoms with E-state index >= 15 is 0 Å². The molecule has 2 rings (SSSR count). The highest BCUT2D eigenvalue weighted by atomic mass is 19.1. The summed E-state index contributed by atoms with van der Waals surface area (Å²) in [6.07, 6.45) is 2.65. The highest BCUT2D eigenvalue weighted by molar-refractivity contribution is 5.66. The monoisotopic (exact) mass is 188 g/mol. The van der Waals surface area contributed by atoms with E-state index in [2.05, 4.69) is 17.6 Å². The maximum Gasteiger partial charge on any atom is 0.141 e. The van der Waals surface area contributed by atoms with Gasteiger partial charge in [0.2, 0.25) is 0 Å². The number of halogens is 1. The van der Waals surface area contributed by atoms with Crippen LogP contribution in [0.15, 0.2) is 18.8 Å². The molecule has 1 heterocycles. The van der Waals surface area contributed by atoms with Crippen LogP contribution in [0.25, 0.3) is 5.57 Å². The summed E-state index contributed by atoms with van der Waals surface area (Å²) in [5, 5.41) is 8.89. The van der Waals surface area contributed by atoms with Gasteiger partial charge in [0.25, 0.3) is 0 Å². The van der Waals surface area contributed by atoms with Crippen molar-refractivity contribution in [1.82, 2.24) is 4.98 Å². The first-order valence-electron chi connectivity index (χ1n) is 4.45. The Morgan fingerprint density at radius 1 is 1.64 bits per heavy atom. The molecule has 0 radical (unpaired) electrons. The van der Waals surface area contributed by atoms with Crippen LogP contribution in [0.2, 0.25) is 0 Å². The van der Waals surface area contributed by atoms with Gasteiger partial charge in [0.15, 0.2) is 0 Å². The Labute approximate surface area is 81.7 Å². The summed E-state index contributed by atoms with van der Waals surface area (Å²) >= 11 is 0. The summed E-state index contributed by atoms with van der Waals surface area (Å²) in [7, 11) is 0. The highest BCUT2D eigenvalue weighted by Gasteiger charge is 2.23. The molecule has 3 heteroatoms. The molecule has 70 valence electrons. The van der Waals surface area contributed by atoms with Crippen molar-refractivity contribution in [2.24, 2.45) is 0 Å². The van der Waals surface area contributed by atoms with Gasteiger partial charge in [-0.3, -0.25) is 4.98 Å². The molecular formula is C11H9FN2. The van der Waals surface area contributed by atoms with E-state index in [1.807, 2.05) is 0 Å². The quantitative estimate of drug-likeness (QED) is 0.627. The van der Waals surface area contributed by atoms with Gasteiger partial charge in [-0.15, -0.1) is 0 Å². The smallest absolute Gasteiger partial charge is 0.141 e. The van der Waals surface area contributed by atoms with Gasteiger partial charge in [0.05, 0.1) is 23.9 Å². The van der Waals surface area contributed by atoms with Gasteiger partial charge in [-0.2, -0.15) is 5.26 Å². The fourth-order valence-corrected chi connectivity index (χ4v) is 1.74. The van der Waals surface area contributed by atoms with Crippen molar-refractivity contribution in [1.29, 1.82) is 5.26 Å². The molecule has 0 amide bonds. The second-order valence-corrected chi connectivity index (χ2v) is 3.42. The van der Waals surface area contributed by atoms with Crippen LogP contribution in [-0.2, 0) is 0 Å². The van der Waals surface area contributed by atoms with Gasteiger partial charge < -0.3 is 0 Å². The minimum Gasteiger partial charge on any atom is -0.253 e. The summed E-state index contributed by atoms with van der Waals surface area (Å²) in [4.78, 5) is 3.97. The molecule has 14 heavy (non-hydrogen) atoms. The van der Waals surface area contributed by atoms with Gasteiger partial charge in [0.1, 0.15) is 5.82 Å². The van der Waals surface area contributed by atoms with Crippen LogP contribution in [0.5, 0.6) is 0 Å². The lowest BCUT2D eigenvalue weighted by Gasteiger charge is -2.20. The highest BCUT2D eigenvalue weighted by Crippen LogP contribution is 2.35. The molecule has 0 fully saturated rings. The van der Waals surface area contributed by atoms with E-state index in [-0.39, 0.29) is 5.92 Å². The second kappa shape index (κ2) is 3.22. The summed E-state index contributed by atoms with van der Waals surface area (Å²) < 4.78 is 12.9. The fourth-order valence-electron chi connectivity index (χ4n) is 1.74. The van der Waals surface area contributed by atoms with Gasteiger partial charge in [-0.25, -0.2) is 4.39 Å². The average Bonchev–Trinajstić information content (AvgIpc) is 2.18. The number of fused-ring (bicyclic) bond motifs is 1. The van der Waals surface area contributed by atoms with E-state index in [4.69, 9.17) is 5.26 Å². The number of pyridine rings is 1. The van der Waals surface area contributed by atoms with Crippen molar-refractivity contribution < 1.29 is 4.39 Å². The molecule has 0 N–H and O–H groups in total. The van der Waals surface area contributed by atoms with E-state index in [1.54, 1.807) is 0 Å². The van der Waals surface area contributed by atoms with Crippen LogP contribution >= 0.6 is 0 Å². The second-order valence-electron chi connectivity index (χ2n) is 3.42. The van der Waals surface area contributed by atoms with Crippen LogP contribution in [0, 0.1) is 17.1 Å². The number of hydrogen-bond donors (Lipinski definition) is 0. The molecule has 0 aliphatic heterocycles. The van der Waals surface area contributed by atoms with Crippen LogP contribution in [0.3, 0.4) is 0 Å². The van der Waals surface area contributed by atoms with E-state index in [1.165, 1.54) is 12.3 Å².